The minimum absolute atomic E-state index is 0.0874. The summed E-state index contributed by atoms with van der Waals surface area (Å²) in [6.45, 7) is 3.23. The van der Waals surface area contributed by atoms with Crippen LogP contribution in [0, 0.1) is 0 Å². The maximum atomic E-state index is 12.6. The van der Waals surface area contributed by atoms with Crippen LogP contribution in [0.2, 0.25) is 0 Å². The highest BCUT2D eigenvalue weighted by molar-refractivity contribution is 5.54. The van der Waals surface area contributed by atoms with E-state index in [1.54, 1.807) is 0 Å². The molecule has 0 saturated heterocycles. The Balaban J connectivity index is 2.16. The molecule has 0 amide bonds. The standard InChI is InChI=1S/C13H14F3N3O/c1-2-6-17-8-11-18-19-12(20-11)9-4-3-5-10(7-9)13(14,15)16/h3-5,7,17H,2,6,8H2,1H3. The Bertz CT molecular complexity index is 566. The zero-order valence-electron chi connectivity index (χ0n) is 10.9. The molecule has 1 N–H and O–H groups in total. The molecule has 1 aromatic carbocycles. The maximum absolute atomic E-state index is 12.6. The third-order valence-corrected chi connectivity index (χ3v) is 2.61. The Morgan fingerprint density at radius 1 is 1.25 bits per heavy atom. The molecule has 20 heavy (non-hydrogen) atoms. The summed E-state index contributed by atoms with van der Waals surface area (Å²) in [7, 11) is 0. The molecule has 1 aromatic heterocycles. The molecular weight excluding hydrogens is 271 g/mol. The van der Waals surface area contributed by atoms with E-state index in [1.807, 2.05) is 6.92 Å². The average Bonchev–Trinajstić information content (AvgIpc) is 2.87. The topological polar surface area (TPSA) is 51.0 Å². The molecule has 0 aliphatic rings. The van der Waals surface area contributed by atoms with E-state index < -0.39 is 11.7 Å². The Morgan fingerprint density at radius 3 is 2.75 bits per heavy atom. The molecule has 1 heterocycles. The van der Waals surface area contributed by atoms with Crippen molar-refractivity contribution in [1.82, 2.24) is 15.5 Å². The summed E-state index contributed by atoms with van der Waals surface area (Å²) in [5, 5.41) is 10.6. The summed E-state index contributed by atoms with van der Waals surface area (Å²) in [5.41, 5.74) is -0.479. The van der Waals surface area contributed by atoms with Gasteiger partial charge in [0.25, 0.3) is 0 Å². The maximum Gasteiger partial charge on any atom is 0.416 e. The van der Waals surface area contributed by atoms with Crippen LogP contribution in [-0.4, -0.2) is 16.7 Å². The highest BCUT2D eigenvalue weighted by atomic mass is 19.4. The molecule has 7 heteroatoms. The van der Waals surface area contributed by atoms with Gasteiger partial charge in [-0.2, -0.15) is 13.2 Å². The summed E-state index contributed by atoms with van der Waals surface area (Å²) >= 11 is 0. The van der Waals surface area contributed by atoms with E-state index in [0.717, 1.165) is 25.1 Å². The van der Waals surface area contributed by atoms with Crippen molar-refractivity contribution in [2.75, 3.05) is 6.54 Å². The van der Waals surface area contributed by atoms with Crippen LogP contribution < -0.4 is 5.32 Å². The number of hydrogen-bond donors (Lipinski definition) is 1. The largest absolute Gasteiger partial charge is 0.419 e. The summed E-state index contributed by atoms with van der Waals surface area (Å²) < 4.78 is 43.2. The summed E-state index contributed by atoms with van der Waals surface area (Å²) in [4.78, 5) is 0. The predicted molar refractivity (Wildman–Crippen MR) is 66.7 cm³/mol. The van der Waals surface area contributed by atoms with Crippen molar-refractivity contribution >= 4 is 0 Å². The first-order valence-electron chi connectivity index (χ1n) is 6.21. The van der Waals surface area contributed by atoms with Gasteiger partial charge in [-0.05, 0) is 31.2 Å². The zero-order valence-corrected chi connectivity index (χ0v) is 10.9. The number of nitrogens with one attached hydrogen (secondary N) is 1. The van der Waals surface area contributed by atoms with Crippen LogP contribution in [-0.2, 0) is 12.7 Å². The van der Waals surface area contributed by atoms with Gasteiger partial charge in [0.1, 0.15) is 0 Å². The van der Waals surface area contributed by atoms with Crippen LogP contribution in [0.1, 0.15) is 24.8 Å². The lowest BCUT2D eigenvalue weighted by Crippen LogP contribution is -2.13. The van der Waals surface area contributed by atoms with Crippen molar-refractivity contribution < 1.29 is 17.6 Å². The molecule has 4 nitrogen and oxygen atoms in total. The molecule has 2 aromatic rings. The molecule has 0 aliphatic carbocycles. The fraction of sp³-hybridized carbons (Fsp3) is 0.385. The summed E-state index contributed by atoms with van der Waals surface area (Å²) in [6, 6.07) is 4.82. The van der Waals surface area contributed by atoms with Crippen LogP contribution in [0.4, 0.5) is 13.2 Å². The third-order valence-electron chi connectivity index (χ3n) is 2.61. The second-order valence-corrected chi connectivity index (χ2v) is 4.26. The molecule has 0 atom stereocenters. The van der Waals surface area contributed by atoms with E-state index in [9.17, 15) is 13.2 Å². The molecule has 0 unspecified atom stereocenters. The van der Waals surface area contributed by atoms with Gasteiger partial charge in [0.2, 0.25) is 11.8 Å². The Hall–Kier alpha value is -1.89. The summed E-state index contributed by atoms with van der Waals surface area (Å²) in [6.07, 6.45) is -3.42. The molecule has 0 spiro atoms. The van der Waals surface area contributed by atoms with Crippen molar-refractivity contribution in [2.24, 2.45) is 0 Å². The number of hydrogen-bond acceptors (Lipinski definition) is 4. The highest BCUT2D eigenvalue weighted by Crippen LogP contribution is 2.31. The van der Waals surface area contributed by atoms with Crippen molar-refractivity contribution in [3.05, 3.63) is 35.7 Å². The monoisotopic (exact) mass is 285 g/mol. The number of nitrogens with zero attached hydrogens (tertiary/aromatic N) is 2. The SMILES string of the molecule is CCCNCc1nnc(-c2cccc(C(F)(F)F)c2)o1. The molecule has 0 bridgehead atoms. The van der Waals surface area contributed by atoms with E-state index in [2.05, 4.69) is 15.5 Å². The Kier molecular flexibility index (Phi) is 4.39. The summed E-state index contributed by atoms with van der Waals surface area (Å²) in [5.74, 6) is 0.440. The van der Waals surface area contributed by atoms with E-state index in [-0.39, 0.29) is 11.5 Å². The lowest BCUT2D eigenvalue weighted by molar-refractivity contribution is -0.137. The fourth-order valence-corrected chi connectivity index (χ4v) is 1.64. The van der Waals surface area contributed by atoms with Gasteiger partial charge in [-0.25, -0.2) is 0 Å². The smallest absolute Gasteiger partial charge is 0.416 e. The number of alkyl halides is 3. The first kappa shape index (κ1) is 14.5. The van der Waals surface area contributed by atoms with E-state index in [4.69, 9.17) is 4.42 Å². The van der Waals surface area contributed by atoms with E-state index in [0.29, 0.717) is 12.4 Å². The first-order chi connectivity index (χ1) is 9.50. The predicted octanol–water partition coefficient (Wildman–Crippen LogP) is 3.26. The molecule has 0 aliphatic heterocycles. The van der Waals surface area contributed by atoms with E-state index >= 15 is 0 Å². The van der Waals surface area contributed by atoms with Crippen LogP contribution in [0.3, 0.4) is 0 Å². The molecule has 2 rings (SSSR count). The fourth-order valence-electron chi connectivity index (χ4n) is 1.64. The van der Waals surface area contributed by atoms with Crippen molar-refractivity contribution in [3.8, 4) is 11.5 Å². The highest BCUT2D eigenvalue weighted by Gasteiger charge is 2.30. The van der Waals surface area contributed by atoms with E-state index in [1.165, 1.54) is 12.1 Å². The van der Waals surface area contributed by atoms with Crippen LogP contribution in [0.5, 0.6) is 0 Å². The molecule has 108 valence electrons. The van der Waals surface area contributed by atoms with Gasteiger partial charge in [-0.15, -0.1) is 10.2 Å². The quantitative estimate of drug-likeness (QED) is 0.857. The van der Waals surface area contributed by atoms with Gasteiger partial charge < -0.3 is 9.73 Å². The number of benzene rings is 1. The molecular formula is C13H14F3N3O. The van der Waals surface area contributed by atoms with Gasteiger partial charge in [-0.1, -0.05) is 13.0 Å². The number of rotatable bonds is 5. The number of halogens is 3. The van der Waals surface area contributed by atoms with Gasteiger partial charge in [0, 0.05) is 5.56 Å². The minimum Gasteiger partial charge on any atom is -0.419 e. The second-order valence-electron chi connectivity index (χ2n) is 4.26. The van der Waals surface area contributed by atoms with Gasteiger partial charge >= 0.3 is 6.18 Å². The lowest BCUT2D eigenvalue weighted by Gasteiger charge is -2.06. The van der Waals surface area contributed by atoms with Crippen molar-refractivity contribution in [2.45, 2.75) is 26.1 Å². The molecule has 0 saturated carbocycles. The molecule has 0 radical (unpaired) electrons. The normalized spacial score (nSPS) is 11.8. The third kappa shape index (κ3) is 3.57. The second kappa shape index (κ2) is 6.04. The minimum atomic E-state index is -4.39. The van der Waals surface area contributed by atoms with Crippen LogP contribution in [0.15, 0.2) is 28.7 Å². The van der Waals surface area contributed by atoms with Crippen LogP contribution >= 0.6 is 0 Å². The van der Waals surface area contributed by atoms with Crippen molar-refractivity contribution in [1.29, 1.82) is 0 Å². The van der Waals surface area contributed by atoms with Crippen molar-refractivity contribution in [3.63, 3.8) is 0 Å². The van der Waals surface area contributed by atoms with Gasteiger partial charge in [0.05, 0.1) is 12.1 Å². The lowest BCUT2D eigenvalue weighted by atomic mass is 10.1. The zero-order chi connectivity index (χ0) is 14.6. The Labute approximate surface area is 114 Å². The average molecular weight is 285 g/mol. The Morgan fingerprint density at radius 2 is 2.05 bits per heavy atom. The van der Waals surface area contributed by atoms with Gasteiger partial charge in [-0.3, -0.25) is 0 Å². The number of aromatic nitrogens is 2. The first-order valence-corrected chi connectivity index (χ1v) is 6.21. The van der Waals surface area contributed by atoms with Gasteiger partial charge in [0.15, 0.2) is 0 Å². The molecule has 0 fully saturated rings. The van der Waals surface area contributed by atoms with Crippen LogP contribution in [0.25, 0.3) is 11.5 Å².